The summed E-state index contributed by atoms with van der Waals surface area (Å²) in [5.41, 5.74) is 1.29. The Kier molecular flexibility index (Phi) is 5.12. The molecule has 2 aromatic rings. The van der Waals surface area contributed by atoms with Crippen molar-refractivity contribution in [2.75, 3.05) is 6.61 Å². The van der Waals surface area contributed by atoms with Crippen molar-refractivity contribution in [3.05, 3.63) is 49.4 Å². The Morgan fingerprint density at radius 2 is 2.00 bits per heavy atom. The SMILES string of the molecule is O=C(c1cc(Cl)ncc1CCO)c1cc(CO)sc1Cl. The number of aliphatic hydroxyl groups excluding tert-OH is 2. The van der Waals surface area contributed by atoms with Crippen molar-refractivity contribution in [3.63, 3.8) is 0 Å². The highest BCUT2D eigenvalue weighted by molar-refractivity contribution is 7.16. The third-order valence-electron chi connectivity index (χ3n) is 2.72. The lowest BCUT2D eigenvalue weighted by Gasteiger charge is -2.07. The smallest absolute Gasteiger partial charge is 0.195 e. The fourth-order valence-corrected chi connectivity index (χ4v) is 3.11. The summed E-state index contributed by atoms with van der Waals surface area (Å²) in [5.74, 6) is -0.293. The molecule has 2 heterocycles. The summed E-state index contributed by atoms with van der Waals surface area (Å²) in [6, 6.07) is 3.02. The molecule has 106 valence electrons. The van der Waals surface area contributed by atoms with Crippen molar-refractivity contribution in [2.24, 2.45) is 0 Å². The third-order valence-corrected chi connectivity index (χ3v) is 4.27. The first-order chi connectivity index (χ1) is 9.56. The van der Waals surface area contributed by atoms with Gasteiger partial charge in [-0.05, 0) is 24.1 Å². The van der Waals surface area contributed by atoms with Crippen LogP contribution in [0.1, 0.15) is 26.4 Å². The van der Waals surface area contributed by atoms with Crippen LogP contribution in [0.2, 0.25) is 9.49 Å². The van der Waals surface area contributed by atoms with Crippen molar-refractivity contribution < 1.29 is 15.0 Å². The van der Waals surface area contributed by atoms with Crippen LogP contribution in [0, 0.1) is 0 Å². The van der Waals surface area contributed by atoms with Crippen LogP contribution in [0.15, 0.2) is 18.3 Å². The molecule has 0 aromatic carbocycles. The van der Waals surface area contributed by atoms with Crippen LogP contribution in [0.3, 0.4) is 0 Å². The quantitative estimate of drug-likeness (QED) is 0.652. The van der Waals surface area contributed by atoms with E-state index in [0.717, 1.165) is 11.3 Å². The zero-order valence-electron chi connectivity index (χ0n) is 10.3. The molecule has 0 bridgehead atoms. The Balaban J connectivity index is 2.46. The van der Waals surface area contributed by atoms with E-state index in [1.165, 1.54) is 12.3 Å². The number of carbonyl (C=O) groups excluding carboxylic acids is 1. The molecule has 0 amide bonds. The molecule has 0 unspecified atom stereocenters. The highest BCUT2D eigenvalue weighted by Gasteiger charge is 2.19. The molecule has 20 heavy (non-hydrogen) atoms. The zero-order chi connectivity index (χ0) is 14.7. The Morgan fingerprint density at radius 3 is 2.60 bits per heavy atom. The van der Waals surface area contributed by atoms with E-state index in [0.29, 0.717) is 32.3 Å². The Labute approximate surface area is 129 Å². The lowest BCUT2D eigenvalue weighted by Crippen LogP contribution is -2.07. The number of rotatable bonds is 5. The molecule has 4 nitrogen and oxygen atoms in total. The van der Waals surface area contributed by atoms with Crippen LogP contribution >= 0.6 is 34.5 Å². The molecule has 2 rings (SSSR count). The molecule has 0 aliphatic heterocycles. The van der Waals surface area contributed by atoms with E-state index < -0.39 is 0 Å². The lowest BCUT2D eigenvalue weighted by molar-refractivity contribution is 0.103. The van der Waals surface area contributed by atoms with Gasteiger partial charge < -0.3 is 10.2 Å². The number of carbonyl (C=O) groups is 1. The fourth-order valence-electron chi connectivity index (χ4n) is 1.78. The number of hydrogen-bond donors (Lipinski definition) is 2. The van der Waals surface area contributed by atoms with Gasteiger partial charge in [0, 0.05) is 23.2 Å². The minimum Gasteiger partial charge on any atom is -0.396 e. The summed E-state index contributed by atoms with van der Waals surface area (Å²) >= 11 is 13.0. The van der Waals surface area contributed by atoms with Gasteiger partial charge in [-0.15, -0.1) is 11.3 Å². The summed E-state index contributed by atoms with van der Waals surface area (Å²) in [5, 5.41) is 18.3. The molecule has 0 fully saturated rings. The zero-order valence-corrected chi connectivity index (χ0v) is 12.6. The van der Waals surface area contributed by atoms with Crippen molar-refractivity contribution in [1.82, 2.24) is 4.98 Å². The summed E-state index contributed by atoms with van der Waals surface area (Å²) in [7, 11) is 0. The lowest BCUT2D eigenvalue weighted by atomic mass is 10.0. The van der Waals surface area contributed by atoms with E-state index in [-0.39, 0.29) is 24.2 Å². The molecule has 0 radical (unpaired) electrons. The first-order valence-corrected chi connectivity index (χ1v) is 7.33. The molecule has 0 saturated carbocycles. The van der Waals surface area contributed by atoms with Crippen molar-refractivity contribution in [3.8, 4) is 0 Å². The van der Waals surface area contributed by atoms with Gasteiger partial charge in [0.05, 0.1) is 12.2 Å². The second-order valence-corrected chi connectivity index (χ2v) is 6.15. The molecule has 0 saturated heterocycles. The third kappa shape index (κ3) is 3.19. The van der Waals surface area contributed by atoms with E-state index >= 15 is 0 Å². The molecule has 0 atom stereocenters. The summed E-state index contributed by atoms with van der Waals surface area (Å²) in [6.45, 7) is -0.263. The van der Waals surface area contributed by atoms with E-state index in [1.54, 1.807) is 6.07 Å². The first kappa shape index (κ1) is 15.4. The second-order valence-electron chi connectivity index (χ2n) is 4.03. The van der Waals surface area contributed by atoms with Crippen LogP contribution in [0.4, 0.5) is 0 Å². The van der Waals surface area contributed by atoms with Crippen LogP contribution in [-0.4, -0.2) is 27.6 Å². The average molecular weight is 332 g/mol. The van der Waals surface area contributed by atoms with Gasteiger partial charge in [0.1, 0.15) is 9.49 Å². The highest BCUT2D eigenvalue weighted by Crippen LogP contribution is 2.30. The van der Waals surface area contributed by atoms with Gasteiger partial charge in [-0.3, -0.25) is 4.79 Å². The van der Waals surface area contributed by atoms with Gasteiger partial charge >= 0.3 is 0 Å². The topological polar surface area (TPSA) is 70.4 Å². The Bertz CT molecular complexity index is 643. The molecule has 2 N–H and O–H groups in total. The van der Waals surface area contributed by atoms with E-state index in [9.17, 15) is 4.79 Å². The fraction of sp³-hybridized carbons (Fsp3) is 0.231. The molecular weight excluding hydrogens is 321 g/mol. The summed E-state index contributed by atoms with van der Waals surface area (Å²) in [4.78, 5) is 17.0. The summed E-state index contributed by atoms with van der Waals surface area (Å²) < 4.78 is 0.321. The standard InChI is InChI=1S/C13H11Cl2NO3S/c14-11-4-9(7(1-2-17)5-16-11)12(19)10-3-8(6-18)20-13(10)15/h3-5,17-18H,1-2,6H2. The Hall–Kier alpha value is -0.980. The van der Waals surface area contributed by atoms with Gasteiger partial charge in [-0.2, -0.15) is 0 Å². The normalized spacial score (nSPS) is 10.8. The van der Waals surface area contributed by atoms with Crippen LogP contribution in [0.25, 0.3) is 0 Å². The largest absolute Gasteiger partial charge is 0.396 e. The minimum atomic E-state index is -0.293. The second kappa shape index (κ2) is 6.65. The molecule has 0 aliphatic carbocycles. The van der Waals surface area contributed by atoms with Gasteiger partial charge in [0.15, 0.2) is 5.78 Å². The van der Waals surface area contributed by atoms with Gasteiger partial charge in [0.2, 0.25) is 0 Å². The Morgan fingerprint density at radius 1 is 1.25 bits per heavy atom. The number of halogens is 2. The van der Waals surface area contributed by atoms with Crippen LogP contribution < -0.4 is 0 Å². The van der Waals surface area contributed by atoms with E-state index in [2.05, 4.69) is 4.98 Å². The molecule has 7 heteroatoms. The maximum Gasteiger partial charge on any atom is 0.195 e. The first-order valence-electron chi connectivity index (χ1n) is 5.76. The van der Waals surface area contributed by atoms with Gasteiger partial charge in [0.25, 0.3) is 0 Å². The highest BCUT2D eigenvalue weighted by atomic mass is 35.5. The average Bonchev–Trinajstić information content (AvgIpc) is 2.81. The number of thiophene rings is 1. The molecule has 2 aromatic heterocycles. The number of ketones is 1. The molecular formula is C13H11Cl2NO3S. The van der Waals surface area contributed by atoms with Crippen LogP contribution in [-0.2, 0) is 13.0 Å². The van der Waals surface area contributed by atoms with Crippen molar-refractivity contribution in [1.29, 1.82) is 0 Å². The maximum absolute atomic E-state index is 12.5. The predicted octanol–water partition coefficient (Wildman–Crippen LogP) is 2.71. The number of nitrogens with zero attached hydrogens (tertiary/aromatic N) is 1. The number of aliphatic hydroxyl groups is 2. The van der Waals surface area contributed by atoms with Crippen LogP contribution in [0.5, 0.6) is 0 Å². The summed E-state index contributed by atoms with van der Waals surface area (Å²) in [6.07, 6.45) is 1.78. The van der Waals surface area contributed by atoms with Gasteiger partial charge in [-0.25, -0.2) is 4.98 Å². The monoisotopic (exact) mass is 331 g/mol. The predicted molar refractivity (Wildman–Crippen MR) is 78.7 cm³/mol. The molecule has 0 aliphatic rings. The molecule has 0 spiro atoms. The number of hydrogen-bond acceptors (Lipinski definition) is 5. The number of aromatic nitrogens is 1. The maximum atomic E-state index is 12.5. The number of pyridine rings is 1. The van der Waals surface area contributed by atoms with Crippen molar-refractivity contribution >= 4 is 40.3 Å². The van der Waals surface area contributed by atoms with Gasteiger partial charge in [-0.1, -0.05) is 23.2 Å². The van der Waals surface area contributed by atoms with Crippen molar-refractivity contribution in [2.45, 2.75) is 13.0 Å². The van der Waals surface area contributed by atoms with E-state index in [1.807, 2.05) is 0 Å². The van der Waals surface area contributed by atoms with E-state index in [4.69, 9.17) is 33.4 Å². The minimum absolute atomic E-state index is 0.0944.